The molecule has 92 valence electrons. The molecule has 0 atom stereocenters. The van der Waals surface area contributed by atoms with E-state index >= 15 is 0 Å². The average molecular weight is 244 g/mol. The number of aryl methyl sites for hydroxylation is 1. The Morgan fingerprint density at radius 3 is 2.88 bits per heavy atom. The van der Waals surface area contributed by atoms with Crippen LogP contribution in [0.3, 0.4) is 0 Å². The second-order valence-corrected chi connectivity index (χ2v) is 4.58. The van der Waals surface area contributed by atoms with Crippen molar-refractivity contribution in [3.05, 3.63) is 5.82 Å². The van der Waals surface area contributed by atoms with Gasteiger partial charge in [-0.15, -0.1) is 10.2 Å². The maximum atomic E-state index is 5.55. The number of thioether (sulfide) groups is 1. The van der Waals surface area contributed by atoms with Gasteiger partial charge in [-0.05, 0) is 19.8 Å². The van der Waals surface area contributed by atoms with Gasteiger partial charge in [-0.2, -0.15) is 0 Å². The monoisotopic (exact) mass is 244 g/mol. The van der Waals surface area contributed by atoms with Gasteiger partial charge in [0.2, 0.25) is 0 Å². The molecule has 1 rings (SSSR count). The van der Waals surface area contributed by atoms with Crippen LogP contribution in [-0.2, 0) is 11.3 Å². The van der Waals surface area contributed by atoms with E-state index in [0.717, 1.165) is 42.7 Å². The zero-order chi connectivity index (χ0) is 11.8. The number of rotatable bonds is 8. The van der Waals surface area contributed by atoms with E-state index in [1.165, 1.54) is 0 Å². The molecule has 0 aromatic carbocycles. The maximum absolute atomic E-state index is 5.55. The van der Waals surface area contributed by atoms with Crippen LogP contribution in [-0.4, -0.2) is 40.8 Å². The first kappa shape index (κ1) is 13.5. The number of aromatic nitrogens is 3. The molecule has 0 saturated heterocycles. The van der Waals surface area contributed by atoms with E-state index in [1.54, 1.807) is 18.9 Å². The lowest BCUT2D eigenvalue weighted by Crippen LogP contribution is -2.12. The topological polar surface area (TPSA) is 66.0 Å². The highest BCUT2D eigenvalue weighted by molar-refractivity contribution is 7.99. The molecule has 0 amide bonds. The SMILES string of the molecule is COCCCCSc1nnc(C)n1CCN. The van der Waals surface area contributed by atoms with E-state index in [0.29, 0.717) is 6.54 Å². The van der Waals surface area contributed by atoms with E-state index in [9.17, 15) is 0 Å². The van der Waals surface area contributed by atoms with Crippen LogP contribution in [0, 0.1) is 6.92 Å². The molecule has 0 fully saturated rings. The molecule has 0 unspecified atom stereocenters. The van der Waals surface area contributed by atoms with Crippen LogP contribution in [0.25, 0.3) is 0 Å². The number of methoxy groups -OCH3 is 1. The minimum absolute atomic E-state index is 0.621. The van der Waals surface area contributed by atoms with Crippen molar-refractivity contribution in [2.75, 3.05) is 26.0 Å². The van der Waals surface area contributed by atoms with E-state index in [4.69, 9.17) is 10.5 Å². The van der Waals surface area contributed by atoms with Crippen molar-refractivity contribution in [3.8, 4) is 0 Å². The van der Waals surface area contributed by atoms with Gasteiger partial charge in [0.05, 0.1) is 0 Å². The quantitative estimate of drug-likeness (QED) is 0.547. The number of unbranched alkanes of at least 4 members (excludes halogenated alkanes) is 1. The third-order valence-electron chi connectivity index (χ3n) is 2.23. The summed E-state index contributed by atoms with van der Waals surface area (Å²) in [7, 11) is 1.73. The first-order chi connectivity index (χ1) is 7.79. The van der Waals surface area contributed by atoms with Gasteiger partial charge in [-0.3, -0.25) is 0 Å². The van der Waals surface area contributed by atoms with E-state index < -0.39 is 0 Å². The summed E-state index contributed by atoms with van der Waals surface area (Å²) in [5, 5.41) is 9.18. The van der Waals surface area contributed by atoms with Gasteiger partial charge in [-0.1, -0.05) is 11.8 Å². The van der Waals surface area contributed by atoms with Gasteiger partial charge >= 0.3 is 0 Å². The molecular weight excluding hydrogens is 224 g/mol. The number of nitrogens with two attached hydrogens (primary N) is 1. The summed E-state index contributed by atoms with van der Waals surface area (Å²) < 4.78 is 7.07. The highest BCUT2D eigenvalue weighted by atomic mass is 32.2. The Hall–Kier alpha value is -0.590. The van der Waals surface area contributed by atoms with Crippen LogP contribution in [0.1, 0.15) is 18.7 Å². The van der Waals surface area contributed by atoms with E-state index in [-0.39, 0.29) is 0 Å². The van der Waals surface area contributed by atoms with Crippen molar-refractivity contribution in [1.29, 1.82) is 0 Å². The molecule has 0 radical (unpaired) electrons. The third kappa shape index (κ3) is 4.11. The number of hydrogen-bond donors (Lipinski definition) is 1. The zero-order valence-corrected chi connectivity index (χ0v) is 10.8. The highest BCUT2D eigenvalue weighted by Gasteiger charge is 2.07. The van der Waals surface area contributed by atoms with Gasteiger partial charge in [0.1, 0.15) is 5.82 Å². The molecule has 0 aliphatic rings. The fourth-order valence-electron chi connectivity index (χ4n) is 1.37. The van der Waals surface area contributed by atoms with Crippen molar-refractivity contribution < 1.29 is 4.74 Å². The maximum Gasteiger partial charge on any atom is 0.191 e. The standard InChI is InChI=1S/C10H20N4OS/c1-9-12-13-10(14(9)6-5-11)16-8-4-3-7-15-2/h3-8,11H2,1-2H3. The molecular formula is C10H20N4OS. The van der Waals surface area contributed by atoms with E-state index in [1.807, 2.05) is 6.92 Å². The van der Waals surface area contributed by atoms with Gasteiger partial charge in [0.15, 0.2) is 5.16 Å². The second-order valence-electron chi connectivity index (χ2n) is 3.52. The number of nitrogens with zero attached hydrogens (tertiary/aromatic N) is 3. The van der Waals surface area contributed by atoms with Crippen LogP contribution < -0.4 is 5.73 Å². The minimum Gasteiger partial charge on any atom is -0.385 e. The summed E-state index contributed by atoms with van der Waals surface area (Å²) in [5.41, 5.74) is 5.55. The first-order valence-electron chi connectivity index (χ1n) is 5.51. The fourth-order valence-corrected chi connectivity index (χ4v) is 2.38. The molecule has 0 aliphatic heterocycles. The Kier molecular flexibility index (Phi) is 6.44. The lowest BCUT2D eigenvalue weighted by atomic mass is 10.4. The van der Waals surface area contributed by atoms with Crippen molar-refractivity contribution in [1.82, 2.24) is 14.8 Å². The van der Waals surface area contributed by atoms with Crippen molar-refractivity contribution in [3.63, 3.8) is 0 Å². The summed E-state index contributed by atoms with van der Waals surface area (Å²) in [4.78, 5) is 0. The summed E-state index contributed by atoms with van der Waals surface area (Å²) in [5.74, 6) is 1.98. The molecule has 1 aromatic heterocycles. The molecule has 16 heavy (non-hydrogen) atoms. The predicted octanol–water partition coefficient (Wildman–Crippen LogP) is 1.06. The Morgan fingerprint density at radius 2 is 2.19 bits per heavy atom. The zero-order valence-electron chi connectivity index (χ0n) is 9.98. The molecule has 0 spiro atoms. The molecule has 1 heterocycles. The summed E-state index contributed by atoms with van der Waals surface area (Å²) >= 11 is 1.74. The summed E-state index contributed by atoms with van der Waals surface area (Å²) in [6, 6.07) is 0. The second kappa shape index (κ2) is 7.65. The van der Waals surface area contributed by atoms with Gasteiger partial charge in [-0.25, -0.2) is 0 Å². The number of ether oxygens (including phenoxy) is 1. The minimum atomic E-state index is 0.621. The molecule has 0 bridgehead atoms. The predicted molar refractivity (Wildman–Crippen MR) is 65.6 cm³/mol. The largest absolute Gasteiger partial charge is 0.385 e. The van der Waals surface area contributed by atoms with Crippen molar-refractivity contribution in [2.45, 2.75) is 31.5 Å². The van der Waals surface area contributed by atoms with Crippen LogP contribution in [0.15, 0.2) is 5.16 Å². The van der Waals surface area contributed by atoms with Crippen molar-refractivity contribution in [2.24, 2.45) is 5.73 Å². The average Bonchev–Trinajstić information content (AvgIpc) is 2.62. The lowest BCUT2D eigenvalue weighted by Gasteiger charge is -2.06. The number of hydrogen-bond acceptors (Lipinski definition) is 5. The Bertz CT molecular complexity index is 303. The Balaban J connectivity index is 2.35. The van der Waals surface area contributed by atoms with Crippen LogP contribution >= 0.6 is 11.8 Å². The first-order valence-corrected chi connectivity index (χ1v) is 6.49. The van der Waals surface area contributed by atoms with Crippen LogP contribution in [0.2, 0.25) is 0 Å². The van der Waals surface area contributed by atoms with E-state index in [2.05, 4.69) is 14.8 Å². The van der Waals surface area contributed by atoms with Gasteiger partial charge < -0.3 is 15.0 Å². The normalized spacial score (nSPS) is 10.9. The molecule has 2 N–H and O–H groups in total. The summed E-state index contributed by atoms with van der Waals surface area (Å²) in [6.07, 6.45) is 2.22. The van der Waals surface area contributed by atoms with Crippen molar-refractivity contribution >= 4 is 11.8 Å². The molecule has 0 saturated carbocycles. The van der Waals surface area contributed by atoms with Crippen LogP contribution in [0.5, 0.6) is 0 Å². The fraction of sp³-hybridized carbons (Fsp3) is 0.800. The lowest BCUT2D eigenvalue weighted by molar-refractivity contribution is 0.194. The van der Waals surface area contributed by atoms with Gasteiger partial charge in [0, 0.05) is 32.6 Å². The van der Waals surface area contributed by atoms with Gasteiger partial charge in [0.25, 0.3) is 0 Å². The molecule has 6 heteroatoms. The molecule has 5 nitrogen and oxygen atoms in total. The molecule has 1 aromatic rings. The smallest absolute Gasteiger partial charge is 0.191 e. The Labute approximate surface area is 101 Å². The highest BCUT2D eigenvalue weighted by Crippen LogP contribution is 2.17. The van der Waals surface area contributed by atoms with Crippen LogP contribution in [0.4, 0.5) is 0 Å². The molecule has 0 aliphatic carbocycles. The Morgan fingerprint density at radius 1 is 1.38 bits per heavy atom. The summed E-state index contributed by atoms with van der Waals surface area (Å²) in [6.45, 7) is 4.20. The third-order valence-corrected chi connectivity index (χ3v) is 3.28.